The fourth-order valence-electron chi connectivity index (χ4n) is 2.76. The van der Waals surface area contributed by atoms with Gasteiger partial charge in [-0.3, -0.25) is 4.79 Å². The lowest BCUT2D eigenvalue weighted by atomic mass is 9.87. The van der Waals surface area contributed by atoms with Gasteiger partial charge in [0.15, 0.2) is 0 Å². The summed E-state index contributed by atoms with van der Waals surface area (Å²) < 4.78 is 0. The van der Waals surface area contributed by atoms with Gasteiger partial charge in [0.25, 0.3) is 0 Å². The van der Waals surface area contributed by atoms with Gasteiger partial charge in [-0.1, -0.05) is 22.9 Å². The van der Waals surface area contributed by atoms with Crippen LogP contribution in [0.25, 0.3) is 0 Å². The highest BCUT2D eigenvalue weighted by Crippen LogP contribution is 2.28. The Labute approximate surface area is 113 Å². The van der Waals surface area contributed by atoms with Gasteiger partial charge in [-0.05, 0) is 38.8 Å². The number of hydrogen-bond donors (Lipinski definition) is 1. The highest BCUT2D eigenvalue weighted by atomic mass is 16.6. The molecular formula is C15H20N2O2. The molecule has 19 heavy (non-hydrogen) atoms. The summed E-state index contributed by atoms with van der Waals surface area (Å²) in [7, 11) is 1.64. The lowest BCUT2D eigenvalue weighted by Gasteiger charge is -2.17. The molecule has 2 atom stereocenters. The molecule has 0 fully saturated rings. The van der Waals surface area contributed by atoms with Crippen molar-refractivity contribution >= 4 is 11.6 Å². The molecule has 0 unspecified atom stereocenters. The van der Waals surface area contributed by atoms with Crippen molar-refractivity contribution in [3.63, 3.8) is 0 Å². The van der Waals surface area contributed by atoms with E-state index in [1.165, 1.54) is 5.56 Å². The molecule has 0 bridgehead atoms. The van der Waals surface area contributed by atoms with Gasteiger partial charge in [0.2, 0.25) is 5.91 Å². The zero-order valence-corrected chi connectivity index (χ0v) is 12.1. The van der Waals surface area contributed by atoms with Crippen LogP contribution in [-0.4, -0.2) is 24.8 Å². The molecule has 0 saturated heterocycles. The van der Waals surface area contributed by atoms with E-state index in [9.17, 15) is 4.79 Å². The zero-order valence-electron chi connectivity index (χ0n) is 12.1. The van der Waals surface area contributed by atoms with Gasteiger partial charge in [-0.25, -0.2) is 0 Å². The molecule has 1 aliphatic rings. The van der Waals surface area contributed by atoms with E-state index in [4.69, 9.17) is 4.84 Å². The second-order valence-corrected chi connectivity index (χ2v) is 5.15. The molecule has 0 radical (unpaired) electrons. The van der Waals surface area contributed by atoms with Crippen molar-refractivity contribution in [3.05, 3.63) is 34.4 Å². The summed E-state index contributed by atoms with van der Waals surface area (Å²) in [4.78, 5) is 17.3. The maximum Gasteiger partial charge on any atom is 0.232 e. The van der Waals surface area contributed by atoms with Crippen molar-refractivity contribution in [1.29, 1.82) is 0 Å². The van der Waals surface area contributed by atoms with Gasteiger partial charge < -0.3 is 10.2 Å². The molecule has 4 nitrogen and oxygen atoms in total. The van der Waals surface area contributed by atoms with E-state index in [-0.39, 0.29) is 17.9 Å². The lowest BCUT2D eigenvalue weighted by Crippen LogP contribution is -2.37. The third-order valence-electron chi connectivity index (χ3n) is 3.54. The molecule has 1 N–H and O–H groups in total. The first-order chi connectivity index (χ1) is 8.95. The van der Waals surface area contributed by atoms with Crippen LogP contribution in [0.4, 0.5) is 0 Å². The van der Waals surface area contributed by atoms with Crippen LogP contribution >= 0.6 is 0 Å². The quantitative estimate of drug-likeness (QED) is 0.885. The van der Waals surface area contributed by atoms with Gasteiger partial charge in [-0.15, -0.1) is 0 Å². The molecule has 1 aromatic rings. The third kappa shape index (κ3) is 2.35. The highest BCUT2D eigenvalue weighted by molar-refractivity contribution is 6.15. The smallest absolute Gasteiger partial charge is 0.232 e. The molecular weight excluding hydrogens is 240 g/mol. The Balaban J connectivity index is 2.50. The number of amides is 1. The lowest BCUT2D eigenvalue weighted by molar-refractivity contribution is -0.124. The van der Waals surface area contributed by atoms with E-state index in [0.29, 0.717) is 0 Å². The van der Waals surface area contributed by atoms with Crippen molar-refractivity contribution in [1.82, 2.24) is 5.32 Å². The van der Waals surface area contributed by atoms with Crippen LogP contribution in [0, 0.1) is 26.7 Å². The first-order valence-corrected chi connectivity index (χ1v) is 6.49. The van der Waals surface area contributed by atoms with Gasteiger partial charge in [0, 0.05) is 12.6 Å². The highest BCUT2D eigenvalue weighted by Gasteiger charge is 2.38. The van der Waals surface area contributed by atoms with Gasteiger partial charge in [0.05, 0.1) is 0 Å². The van der Waals surface area contributed by atoms with E-state index in [1.807, 2.05) is 20.8 Å². The van der Waals surface area contributed by atoms with Crippen LogP contribution in [0.2, 0.25) is 0 Å². The topological polar surface area (TPSA) is 50.7 Å². The van der Waals surface area contributed by atoms with E-state index in [2.05, 4.69) is 29.5 Å². The monoisotopic (exact) mass is 260 g/mol. The number of nitrogens with one attached hydrogen (secondary N) is 1. The molecule has 0 aliphatic carbocycles. The normalized spacial score (nSPS) is 21.8. The molecule has 0 spiro atoms. The van der Waals surface area contributed by atoms with Gasteiger partial charge in [-0.2, -0.15) is 0 Å². The Morgan fingerprint density at radius 2 is 1.84 bits per heavy atom. The summed E-state index contributed by atoms with van der Waals surface area (Å²) in [6, 6.07) is 4.21. The number of oxime groups is 1. The van der Waals surface area contributed by atoms with Gasteiger partial charge in [0.1, 0.15) is 17.7 Å². The fraction of sp³-hybridized carbons (Fsp3) is 0.467. The summed E-state index contributed by atoms with van der Waals surface area (Å²) in [6.45, 7) is 8.02. The predicted molar refractivity (Wildman–Crippen MR) is 75.3 cm³/mol. The minimum absolute atomic E-state index is 0.0527. The average Bonchev–Trinajstić information content (AvgIpc) is 2.69. The molecule has 1 amide bonds. The van der Waals surface area contributed by atoms with Crippen LogP contribution in [0.15, 0.2) is 17.3 Å². The predicted octanol–water partition coefficient (Wildman–Crippen LogP) is 2.10. The van der Waals surface area contributed by atoms with E-state index in [0.717, 1.165) is 22.4 Å². The molecule has 1 aromatic carbocycles. The maximum absolute atomic E-state index is 12.0. The second kappa shape index (κ2) is 5.03. The SMILES string of the molecule is CNC(=O)[C@@H]1C(c2c(C)cc(C)cc2C)=NO[C@H]1C. The van der Waals surface area contributed by atoms with Crippen molar-refractivity contribution < 1.29 is 9.63 Å². The third-order valence-corrected chi connectivity index (χ3v) is 3.54. The Morgan fingerprint density at radius 1 is 1.26 bits per heavy atom. The number of benzene rings is 1. The van der Waals surface area contributed by atoms with Crippen LogP contribution in [0.5, 0.6) is 0 Å². The van der Waals surface area contributed by atoms with E-state index < -0.39 is 0 Å². The maximum atomic E-state index is 12.0. The van der Waals surface area contributed by atoms with Crippen LogP contribution < -0.4 is 5.32 Å². The Bertz CT molecular complexity index is 526. The number of nitrogens with zero attached hydrogens (tertiary/aromatic N) is 1. The molecule has 4 heteroatoms. The molecule has 0 saturated carbocycles. The van der Waals surface area contributed by atoms with Crippen LogP contribution in [-0.2, 0) is 9.63 Å². The van der Waals surface area contributed by atoms with Crippen molar-refractivity contribution in [2.24, 2.45) is 11.1 Å². The fourth-order valence-corrected chi connectivity index (χ4v) is 2.76. The first kappa shape index (κ1) is 13.6. The molecule has 0 aromatic heterocycles. The Morgan fingerprint density at radius 3 is 2.37 bits per heavy atom. The number of carbonyl (C=O) groups is 1. The summed E-state index contributed by atoms with van der Waals surface area (Å²) in [6.07, 6.45) is -0.227. The van der Waals surface area contributed by atoms with Gasteiger partial charge >= 0.3 is 0 Å². The first-order valence-electron chi connectivity index (χ1n) is 6.49. The average molecular weight is 260 g/mol. The zero-order chi connectivity index (χ0) is 14.2. The molecule has 1 aliphatic heterocycles. The number of hydrogen-bond acceptors (Lipinski definition) is 3. The van der Waals surface area contributed by atoms with Crippen LogP contribution in [0.1, 0.15) is 29.2 Å². The van der Waals surface area contributed by atoms with Crippen molar-refractivity contribution in [2.75, 3.05) is 7.05 Å². The summed E-state index contributed by atoms with van der Waals surface area (Å²) >= 11 is 0. The summed E-state index contributed by atoms with van der Waals surface area (Å²) in [5.41, 5.74) is 5.24. The Hall–Kier alpha value is -1.84. The number of aryl methyl sites for hydroxylation is 3. The van der Waals surface area contributed by atoms with Crippen molar-refractivity contribution in [2.45, 2.75) is 33.8 Å². The standard InChI is InChI=1S/C15H20N2O2/c1-8-6-9(2)12(10(3)7-8)14-13(15(18)16-5)11(4)19-17-14/h6-7,11,13H,1-5H3,(H,16,18)/t11-,13-/m0/s1. The largest absolute Gasteiger partial charge is 0.391 e. The molecule has 1 heterocycles. The van der Waals surface area contributed by atoms with E-state index >= 15 is 0 Å². The minimum Gasteiger partial charge on any atom is -0.391 e. The molecule has 2 rings (SSSR count). The Kier molecular flexibility index (Phi) is 3.60. The number of carbonyl (C=O) groups excluding carboxylic acids is 1. The number of rotatable bonds is 2. The molecule has 102 valence electrons. The van der Waals surface area contributed by atoms with E-state index in [1.54, 1.807) is 7.05 Å². The summed E-state index contributed by atoms with van der Waals surface area (Å²) in [5.74, 6) is -0.395. The summed E-state index contributed by atoms with van der Waals surface area (Å²) in [5, 5.41) is 6.83. The second-order valence-electron chi connectivity index (χ2n) is 5.15. The van der Waals surface area contributed by atoms with Crippen LogP contribution in [0.3, 0.4) is 0 Å². The minimum atomic E-state index is -0.342. The van der Waals surface area contributed by atoms with Crippen molar-refractivity contribution in [3.8, 4) is 0 Å².